The molecule has 2 rings (SSSR count). The molecule has 0 atom stereocenters. The first kappa shape index (κ1) is 21.3. The molecule has 6 nitrogen and oxygen atoms in total. The standard InChI is InChI=1S/C18H18F4N4O2/c1-17(2,27)11-3-6-16(25-8-11)28-10-13(26-23)9-24-12-4-5-15(19)14(7-12)18(20,21)22/h3-9,23-24,27H,10H2,1-2H3/b13-9-,26-23?. The first-order valence-corrected chi connectivity index (χ1v) is 8.02. The zero-order chi connectivity index (χ0) is 20.9. The van der Waals surface area contributed by atoms with Crippen molar-refractivity contribution in [3.63, 3.8) is 0 Å². The minimum atomic E-state index is -4.82. The van der Waals surface area contributed by atoms with Crippen LogP contribution in [0.3, 0.4) is 0 Å². The van der Waals surface area contributed by atoms with E-state index in [4.69, 9.17) is 10.3 Å². The summed E-state index contributed by atoms with van der Waals surface area (Å²) in [6, 6.07) is 5.59. The monoisotopic (exact) mass is 398 g/mol. The average Bonchev–Trinajstić information content (AvgIpc) is 2.61. The fraction of sp³-hybridized carbons (Fsp3) is 0.278. The molecule has 0 fully saturated rings. The molecule has 10 heteroatoms. The van der Waals surface area contributed by atoms with E-state index in [2.05, 4.69) is 15.4 Å². The lowest BCUT2D eigenvalue weighted by molar-refractivity contribution is -0.139. The Labute approximate surface area is 158 Å². The minimum absolute atomic E-state index is 0.0254. The van der Waals surface area contributed by atoms with Gasteiger partial charge in [-0.25, -0.2) is 14.9 Å². The molecule has 1 aromatic heterocycles. The van der Waals surface area contributed by atoms with E-state index in [0.29, 0.717) is 17.7 Å². The summed E-state index contributed by atoms with van der Waals surface area (Å²) < 4.78 is 56.8. The number of pyridine rings is 1. The van der Waals surface area contributed by atoms with Crippen LogP contribution in [0.25, 0.3) is 0 Å². The number of ether oxygens (including phenoxy) is 1. The maximum absolute atomic E-state index is 13.3. The van der Waals surface area contributed by atoms with Crippen molar-refractivity contribution in [1.82, 2.24) is 4.98 Å². The van der Waals surface area contributed by atoms with Gasteiger partial charge in [-0.05, 0) is 38.1 Å². The third-order valence-electron chi connectivity index (χ3n) is 3.63. The van der Waals surface area contributed by atoms with Gasteiger partial charge in [-0.2, -0.15) is 18.3 Å². The van der Waals surface area contributed by atoms with Crippen LogP contribution >= 0.6 is 0 Å². The van der Waals surface area contributed by atoms with Crippen LogP contribution < -0.4 is 10.1 Å². The Hall–Kier alpha value is -3.01. The quantitative estimate of drug-likeness (QED) is 0.460. The number of nitrogens with zero attached hydrogens (tertiary/aromatic N) is 2. The third kappa shape index (κ3) is 5.74. The molecule has 0 radical (unpaired) electrons. The molecule has 0 aliphatic heterocycles. The lowest BCUT2D eigenvalue weighted by Crippen LogP contribution is -2.15. The van der Waals surface area contributed by atoms with Crippen molar-refractivity contribution in [2.24, 2.45) is 5.11 Å². The molecule has 3 N–H and O–H groups in total. The smallest absolute Gasteiger partial charge is 0.419 e. The first-order chi connectivity index (χ1) is 13.0. The van der Waals surface area contributed by atoms with Crippen molar-refractivity contribution in [1.29, 1.82) is 5.53 Å². The molecule has 2 aromatic rings. The van der Waals surface area contributed by atoms with E-state index in [1.54, 1.807) is 19.9 Å². The summed E-state index contributed by atoms with van der Waals surface area (Å²) in [7, 11) is 0. The second-order valence-electron chi connectivity index (χ2n) is 6.32. The molecule has 0 amide bonds. The van der Waals surface area contributed by atoms with Gasteiger partial charge < -0.3 is 15.2 Å². The van der Waals surface area contributed by atoms with Crippen molar-refractivity contribution < 1.29 is 27.4 Å². The van der Waals surface area contributed by atoms with E-state index in [0.717, 1.165) is 6.07 Å². The van der Waals surface area contributed by atoms with Crippen molar-refractivity contribution in [2.75, 3.05) is 11.9 Å². The molecule has 0 bridgehead atoms. The molecular formula is C18H18F4N4O2. The Morgan fingerprint density at radius 2 is 2.00 bits per heavy atom. The van der Waals surface area contributed by atoms with E-state index in [9.17, 15) is 22.7 Å². The molecule has 28 heavy (non-hydrogen) atoms. The summed E-state index contributed by atoms with van der Waals surface area (Å²) >= 11 is 0. The summed E-state index contributed by atoms with van der Waals surface area (Å²) in [5.41, 5.74) is 5.29. The molecule has 1 aromatic carbocycles. The fourth-order valence-electron chi connectivity index (χ4n) is 2.08. The van der Waals surface area contributed by atoms with Crippen LogP contribution in [0.2, 0.25) is 0 Å². The number of alkyl halides is 3. The van der Waals surface area contributed by atoms with Crippen LogP contribution in [-0.2, 0) is 11.8 Å². The van der Waals surface area contributed by atoms with Crippen LogP contribution in [0.4, 0.5) is 23.2 Å². The molecule has 0 saturated carbocycles. The number of aromatic nitrogens is 1. The highest BCUT2D eigenvalue weighted by Crippen LogP contribution is 2.33. The molecule has 0 spiro atoms. The molecule has 0 saturated heterocycles. The van der Waals surface area contributed by atoms with Gasteiger partial charge in [-0.3, -0.25) is 0 Å². The first-order valence-electron chi connectivity index (χ1n) is 8.02. The van der Waals surface area contributed by atoms with Gasteiger partial charge in [-0.1, -0.05) is 0 Å². The van der Waals surface area contributed by atoms with E-state index in [-0.39, 0.29) is 23.9 Å². The number of nitrogens with one attached hydrogen (secondary N) is 2. The number of benzene rings is 1. The van der Waals surface area contributed by atoms with Crippen LogP contribution in [0.15, 0.2) is 53.5 Å². The average molecular weight is 398 g/mol. The van der Waals surface area contributed by atoms with Crippen LogP contribution in [0, 0.1) is 11.3 Å². The van der Waals surface area contributed by atoms with Gasteiger partial charge in [0.1, 0.15) is 18.1 Å². The zero-order valence-corrected chi connectivity index (χ0v) is 15.0. The van der Waals surface area contributed by atoms with Gasteiger partial charge in [0.05, 0.1) is 11.2 Å². The van der Waals surface area contributed by atoms with Gasteiger partial charge in [0.2, 0.25) is 5.88 Å². The van der Waals surface area contributed by atoms with Crippen molar-refractivity contribution in [2.45, 2.75) is 25.6 Å². The molecule has 0 aliphatic rings. The fourth-order valence-corrected chi connectivity index (χ4v) is 2.08. The molecule has 0 unspecified atom stereocenters. The summed E-state index contributed by atoms with van der Waals surface area (Å²) in [4.78, 5) is 4.02. The predicted molar refractivity (Wildman–Crippen MR) is 93.2 cm³/mol. The Morgan fingerprint density at radius 3 is 2.54 bits per heavy atom. The second kappa shape index (κ2) is 8.34. The molecule has 1 heterocycles. The lowest BCUT2D eigenvalue weighted by atomic mass is 10.0. The Balaban J connectivity index is 2.04. The maximum atomic E-state index is 13.3. The maximum Gasteiger partial charge on any atom is 0.419 e. The number of halogens is 4. The molecule has 150 valence electrons. The highest BCUT2D eigenvalue weighted by Gasteiger charge is 2.34. The summed E-state index contributed by atoms with van der Waals surface area (Å²) in [5.74, 6) is -1.17. The highest BCUT2D eigenvalue weighted by atomic mass is 19.4. The topological polar surface area (TPSA) is 90.6 Å². The van der Waals surface area contributed by atoms with E-state index in [1.165, 1.54) is 18.5 Å². The minimum Gasteiger partial charge on any atom is -0.471 e. The summed E-state index contributed by atoms with van der Waals surface area (Å²) in [6.07, 6.45) is -2.21. The SMILES string of the molecule is CC(C)(O)c1ccc(OC/C(=C/Nc2ccc(F)c(C(F)(F)F)c2)N=N)nc1. The van der Waals surface area contributed by atoms with Crippen molar-refractivity contribution >= 4 is 5.69 Å². The number of rotatable bonds is 7. The van der Waals surface area contributed by atoms with Crippen molar-refractivity contribution in [3.05, 3.63) is 65.4 Å². The number of anilines is 1. The molecule has 0 aliphatic carbocycles. The van der Waals surface area contributed by atoms with Crippen LogP contribution in [0.1, 0.15) is 25.0 Å². The number of hydrogen-bond acceptors (Lipinski definition) is 6. The van der Waals surface area contributed by atoms with Gasteiger partial charge in [0.15, 0.2) is 0 Å². The van der Waals surface area contributed by atoms with Gasteiger partial charge >= 0.3 is 6.18 Å². The Kier molecular flexibility index (Phi) is 6.34. The number of aliphatic hydroxyl groups is 1. The largest absolute Gasteiger partial charge is 0.471 e. The number of hydrogen-bond donors (Lipinski definition) is 3. The van der Waals surface area contributed by atoms with Gasteiger partial charge in [0.25, 0.3) is 0 Å². The third-order valence-corrected chi connectivity index (χ3v) is 3.63. The van der Waals surface area contributed by atoms with E-state index < -0.39 is 23.2 Å². The van der Waals surface area contributed by atoms with Gasteiger partial charge in [0, 0.05) is 29.7 Å². The van der Waals surface area contributed by atoms with Crippen molar-refractivity contribution in [3.8, 4) is 5.88 Å². The zero-order valence-electron chi connectivity index (χ0n) is 15.0. The van der Waals surface area contributed by atoms with Crippen LogP contribution in [-0.4, -0.2) is 16.7 Å². The van der Waals surface area contributed by atoms with Gasteiger partial charge in [-0.15, -0.1) is 0 Å². The normalized spacial score (nSPS) is 12.6. The summed E-state index contributed by atoms with van der Waals surface area (Å²) in [5, 5.41) is 15.6. The van der Waals surface area contributed by atoms with E-state index in [1.807, 2.05) is 0 Å². The lowest BCUT2D eigenvalue weighted by Gasteiger charge is -2.17. The summed E-state index contributed by atoms with van der Waals surface area (Å²) in [6.45, 7) is 3.03. The Morgan fingerprint density at radius 1 is 1.29 bits per heavy atom. The van der Waals surface area contributed by atoms with E-state index >= 15 is 0 Å². The predicted octanol–water partition coefficient (Wildman–Crippen LogP) is 4.83. The second-order valence-corrected chi connectivity index (χ2v) is 6.32. The Bertz CT molecular complexity index is 859. The van der Waals surface area contributed by atoms with Crippen LogP contribution in [0.5, 0.6) is 5.88 Å². The highest BCUT2D eigenvalue weighted by molar-refractivity contribution is 5.49. The molecular weight excluding hydrogens is 380 g/mol.